The molecule has 0 bridgehead atoms. The van der Waals surface area contributed by atoms with E-state index in [1.165, 1.54) is 38.6 Å². The molecule has 2 aliphatic rings. The van der Waals surface area contributed by atoms with Crippen molar-refractivity contribution in [3.05, 3.63) is 111 Å². The van der Waals surface area contributed by atoms with Crippen LogP contribution in [0, 0.1) is 5.41 Å². The number of aromatic nitrogens is 3. The third-order valence-corrected chi connectivity index (χ3v) is 12.1. The summed E-state index contributed by atoms with van der Waals surface area (Å²) in [6.45, 7) is 0.593. The molecule has 4 aromatic rings. The number of aliphatic hydroxyl groups excluding tert-OH is 1. The molecule has 260 valence electrons. The van der Waals surface area contributed by atoms with Gasteiger partial charge in [-0.05, 0) is 30.9 Å². The summed E-state index contributed by atoms with van der Waals surface area (Å²) in [4.78, 5) is 45.2. The minimum atomic E-state index is -3.78. The summed E-state index contributed by atoms with van der Waals surface area (Å²) in [5, 5.41) is 23.1. The van der Waals surface area contributed by atoms with E-state index >= 15 is 0 Å². The number of nitrogens with one attached hydrogen (secondary N) is 1. The number of benzene rings is 3. The second kappa shape index (κ2) is 14.9. The summed E-state index contributed by atoms with van der Waals surface area (Å²) >= 11 is 7.86. The molecule has 13 nitrogen and oxygen atoms in total. The fourth-order valence-electron chi connectivity index (χ4n) is 5.91. The average Bonchev–Trinajstić information content (AvgIpc) is 3.82. The number of carbonyl (C=O) groups excluding carboxylic acids is 3. The number of halogens is 1. The highest BCUT2D eigenvalue weighted by Crippen LogP contribution is 2.33. The lowest BCUT2D eigenvalue weighted by Gasteiger charge is -2.31. The lowest BCUT2D eigenvalue weighted by molar-refractivity contribution is -0.122. The van der Waals surface area contributed by atoms with Gasteiger partial charge in [-0.25, -0.2) is 4.98 Å². The molecule has 0 aliphatic carbocycles. The topological polar surface area (TPSA) is 193 Å². The number of Topliss-reactive ketones (excluding diaryl/α,β-unsaturated/α-hetero) is 2. The number of rotatable bonds is 11. The monoisotopic (exact) mass is 735 g/mol. The van der Waals surface area contributed by atoms with Crippen LogP contribution in [0.3, 0.4) is 0 Å². The van der Waals surface area contributed by atoms with Crippen LogP contribution >= 0.6 is 23.4 Å². The van der Waals surface area contributed by atoms with Crippen LogP contribution in [-0.4, -0.2) is 86.4 Å². The second-order valence-corrected chi connectivity index (χ2v) is 15.2. The van der Waals surface area contributed by atoms with E-state index in [0.29, 0.717) is 24.4 Å². The van der Waals surface area contributed by atoms with Crippen LogP contribution in [0.4, 0.5) is 0 Å². The van der Waals surface area contributed by atoms with Gasteiger partial charge in [0.25, 0.3) is 16.1 Å². The van der Waals surface area contributed by atoms with Crippen LogP contribution in [0.5, 0.6) is 0 Å². The summed E-state index contributed by atoms with van der Waals surface area (Å²) in [5.74, 6) is -2.20. The molecule has 2 saturated heterocycles. The highest BCUT2D eigenvalue weighted by Gasteiger charge is 2.40. The molecule has 2 fully saturated rings. The lowest BCUT2D eigenvalue weighted by Crippen LogP contribution is -2.49. The summed E-state index contributed by atoms with van der Waals surface area (Å²) in [5.41, 5.74) is 7.23. The van der Waals surface area contributed by atoms with Crippen LogP contribution in [0.2, 0.25) is 5.02 Å². The molecule has 0 amide bonds. The number of nitrogens with zero attached hydrogens (tertiary/aromatic N) is 5. The molecular weight excluding hydrogens is 702 g/mol. The number of piperidine rings is 1. The van der Waals surface area contributed by atoms with Crippen LogP contribution < -0.4 is 5.73 Å². The molecule has 16 heteroatoms. The fraction of sp³-hybridized carbons (Fsp3) is 0.294. The normalized spacial score (nSPS) is 17.9. The van der Waals surface area contributed by atoms with Crippen molar-refractivity contribution in [2.75, 3.05) is 26.2 Å². The zero-order valence-electron chi connectivity index (χ0n) is 26.7. The Bertz CT molecular complexity index is 2050. The van der Waals surface area contributed by atoms with Crippen molar-refractivity contribution >= 4 is 56.9 Å². The molecule has 2 unspecified atom stereocenters. The van der Waals surface area contributed by atoms with E-state index in [2.05, 4.69) is 10.1 Å². The predicted octanol–water partition coefficient (Wildman–Crippen LogP) is 3.81. The zero-order valence-corrected chi connectivity index (χ0v) is 29.1. The number of aliphatic hydroxyl groups is 1. The lowest BCUT2D eigenvalue weighted by atomic mass is 9.96. The van der Waals surface area contributed by atoms with E-state index in [0.717, 1.165) is 23.1 Å². The molecule has 50 heavy (non-hydrogen) atoms. The molecule has 2 atom stereocenters. The van der Waals surface area contributed by atoms with Gasteiger partial charge in [-0.2, -0.15) is 21.7 Å². The molecule has 0 saturated carbocycles. The molecule has 4 N–H and O–H groups in total. The van der Waals surface area contributed by atoms with E-state index in [1.54, 1.807) is 54.6 Å². The van der Waals surface area contributed by atoms with E-state index in [1.807, 2.05) is 0 Å². The van der Waals surface area contributed by atoms with Crippen LogP contribution in [-0.2, 0) is 20.8 Å². The van der Waals surface area contributed by atoms with Gasteiger partial charge in [-0.3, -0.25) is 19.8 Å². The highest BCUT2D eigenvalue weighted by molar-refractivity contribution is 7.98. The van der Waals surface area contributed by atoms with Crippen molar-refractivity contribution in [2.45, 2.75) is 42.2 Å². The van der Waals surface area contributed by atoms with Gasteiger partial charge in [0, 0.05) is 42.1 Å². The fourth-order valence-corrected chi connectivity index (χ4v) is 8.78. The Morgan fingerprint density at radius 2 is 1.68 bits per heavy atom. The quantitative estimate of drug-likeness (QED) is 0.0883. The molecule has 2 aliphatic heterocycles. The van der Waals surface area contributed by atoms with Crippen molar-refractivity contribution in [1.82, 2.24) is 23.4 Å². The Kier molecular flexibility index (Phi) is 10.6. The van der Waals surface area contributed by atoms with E-state index in [4.69, 9.17) is 22.7 Å². The van der Waals surface area contributed by atoms with Gasteiger partial charge in [-0.15, -0.1) is 5.10 Å². The maximum Gasteiger partial charge on any atom is 0.282 e. The Morgan fingerprint density at radius 3 is 2.34 bits per heavy atom. The maximum absolute atomic E-state index is 14.1. The minimum absolute atomic E-state index is 0.0354. The van der Waals surface area contributed by atoms with Crippen molar-refractivity contribution in [3.8, 4) is 0 Å². The number of nitrogens with two attached hydrogens (primary N) is 1. The molecular formula is C34H34ClN7O6S2. The van der Waals surface area contributed by atoms with Gasteiger partial charge in [0.1, 0.15) is 11.9 Å². The van der Waals surface area contributed by atoms with Crippen LogP contribution in [0.15, 0.2) is 78.0 Å². The van der Waals surface area contributed by atoms with Gasteiger partial charge < -0.3 is 10.8 Å². The third-order valence-electron chi connectivity index (χ3n) is 8.70. The molecule has 1 aromatic heterocycles. The number of thioether (sulfide) groups is 1. The summed E-state index contributed by atoms with van der Waals surface area (Å²) in [6, 6.07) is 19.6. The Hall–Kier alpha value is -4.25. The highest BCUT2D eigenvalue weighted by atomic mass is 35.5. The second-order valence-electron chi connectivity index (χ2n) is 12.0. The smallest absolute Gasteiger partial charge is 0.282 e. The summed E-state index contributed by atoms with van der Waals surface area (Å²) in [6.07, 6.45) is 0.0333. The van der Waals surface area contributed by atoms with Crippen molar-refractivity contribution < 1.29 is 27.9 Å². The van der Waals surface area contributed by atoms with Gasteiger partial charge in [-0.1, -0.05) is 90.1 Å². The van der Waals surface area contributed by atoms with Gasteiger partial charge in [0.15, 0.2) is 22.5 Å². The van der Waals surface area contributed by atoms with E-state index in [9.17, 15) is 27.9 Å². The Balaban J connectivity index is 1.30. The third kappa shape index (κ3) is 7.29. The van der Waals surface area contributed by atoms with Gasteiger partial charge in [0.05, 0.1) is 23.0 Å². The number of ketones is 2. The zero-order chi connectivity index (χ0) is 35.6. The first-order valence-electron chi connectivity index (χ1n) is 15.9. The summed E-state index contributed by atoms with van der Waals surface area (Å²) in [7, 11) is -3.78. The predicted molar refractivity (Wildman–Crippen MR) is 188 cm³/mol. The van der Waals surface area contributed by atoms with Gasteiger partial charge in [0.2, 0.25) is 0 Å². The van der Waals surface area contributed by atoms with E-state index in [-0.39, 0.29) is 63.8 Å². The number of hydrogen-bond acceptors (Lipinski definition) is 10. The standard InChI is InChI=1S/C34H34ClN7O6S2/c35-28-25(30(45)29(44)22-7-2-1-3-8-22)9-6-10-26(28)33(46)42-34(49-20-21-11-13-23(14-12-21)31(36)37)38-32(39-42)24-15-18-41(19-27(24)43)50(47,48)40-16-4-5-17-40/h1-3,6-14,24,30,45H,4-5,15-20H2,(H3,36,37). The molecule has 6 rings (SSSR count). The first-order valence-corrected chi connectivity index (χ1v) is 18.6. The molecule has 0 spiro atoms. The first-order chi connectivity index (χ1) is 24.0. The molecule has 0 radical (unpaired) electrons. The SMILES string of the molecule is N=C(N)c1ccc(CSc2nc(C3CCN(S(=O)(=O)N4CCCC4)CC3=O)nn2C(=O)c2cccc(C(O)C(=O)c3ccccc3)c2Cl)cc1. The van der Waals surface area contributed by atoms with Crippen LogP contribution in [0.1, 0.15) is 74.5 Å². The maximum atomic E-state index is 14.1. The number of carbonyl (C=O) groups is 3. The number of amidine groups is 1. The molecule has 3 aromatic carbocycles. The number of nitrogen functional groups attached to an aromatic ring is 1. The minimum Gasteiger partial charge on any atom is -0.384 e. The van der Waals surface area contributed by atoms with Crippen molar-refractivity contribution in [1.29, 1.82) is 5.41 Å². The first kappa shape index (κ1) is 35.6. The largest absolute Gasteiger partial charge is 0.384 e. The van der Waals surface area contributed by atoms with E-state index < -0.39 is 33.9 Å². The van der Waals surface area contributed by atoms with Crippen LogP contribution in [0.25, 0.3) is 0 Å². The van der Waals surface area contributed by atoms with Crippen molar-refractivity contribution in [2.24, 2.45) is 5.73 Å². The molecule has 3 heterocycles. The average molecular weight is 736 g/mol. The number of hydrogen-bond donors (Lipinski definition) is 3. The summed E-state index contributed by atoms with van der Waals surface area (Å²) < 4.78 is 29.9. The Labute approximate surface area is 298 Å². The Morgan fingerprint density at radius 1 is 0.980 bits per heavy atom. The van der Waals surface area contributed by atoms with Gasteiger partial charge >= 0.3 is 0 Å². The van der Waals surface area contributed by atoms with Crippen molar-refractivity contribution in [3.63, 3.8) is 0 Å².